The number of hydrogen-bond acceptors (Lipinski definition) is 2. The van der Waals surface area contributed by atoms with E-state index in [0.29, 0.717) is 0 Å². The lowest BCUT2D eigenvalue weighted by Gasteiger charge is -2.06. The Morgan fingerprint density at radius 3 is 2.54 bits per heavy atom. The topological polar surface area (TPSA) is 35.2 Å². The molecule has 0 aliphatic heterocycles. The fourth-order valence-corrected chi connectivity index (χ4v) is 0.941. The van der Waals surface area contributed by atoms with Gasteiger partial charge in [-0.3, -0.25) is 0 Å². The fourth-order valence-electron chi connectivity index (χ4n) is 0.941. The lowest BCUT2D eigenvalue weighted by Crippen LogP contribution is -2.02. The molecule has 74 valence electrons. The van der Waals surface area contributed by atoms with Crippen molar-refractivity contribution >= 4 is 0 Å². The molecule has 0 spiro atoms. The van der Waals surface area contributed by atoms with Crippen LogP contribution in [0.25, 0.3) is 0 Å². The summed E-state index contributed by atoms with van der Waals surface area (Å²) in [6, 6.07) is 0. The van der Waals surface area contributed by atoms with Crippen LogP contribution in [0.2, 0.25) is 0 Å². The maximum Gasteiger partial charge on any atom is 0.137 e. The first-order valence-electron chi connectivity index (χ1n) is 4.49. The molecule has 0 rings (SSSR count). The van der Waals surface area contributed by atoms with E-state index >= 15 is 0 Å². The quantitative estimate of drug-likeness (QED) is 0.523. The maximum atomic E-state index is 5.82. The van der Waals surface area contributed by atoms with Crippen LogP contribution < -0.4 is 5.73 Å². The third-order valence-electron chi connectivity index (χ3n) is 1.74. The minimum absolute atomic E-state index is 0.749. The molecule has 2 nitrogen and oxygen atoms in total. The van der Waals surface area contributed by atoms with Gasteiger partial charge in [-0.05, 0) is 25.0 Å². The Bertz CT molecular complexity index is 226. The standard InChI is InChI=1S/C11H19NO/c1-5-7-10(12)11(13-4)8-9(3)6-2/h6,8H,2,5,7,12H2,1,3-4H3/b9-8+,11-10+. The molecule has 0 unspecified atom stereocenters. The molecular formula is C11H19NO. The van der Waals surface area contributed by atoms with Gasteiger partial charge in [0.2, 0.25) is 0 Å². The van der Waals surface area contributed by atoms with Crippen molar-refractivity contribution in [3.63, 3.8) is 0 Å². The Morgan fingerprint density at radius 1 is 1.54 bits per heavy atom. The number of hydrogen-bond donors (Lipinski definition) is 1. The van der Waals surface area contributed by atoms with Crippen LogP contribution in [0.5, 0.6) is 0 Å². The highest BCUT2D eigenvalue weighted by Crippen LogP contribution is 2.10. The van der Waals surface area contributed by atoms with Gasteiger partial charge in [-0.15, -0.1) is 0 Å². The predicted molar refractivity (Wildman–Crippen MR) is 57.1 cm³/mol. The first-order valence-corrected chi connectivity index (χ1v) is 4.49. The van der Waals surface area contributed by atoms with E-state index in [1.807, 2.05) is 13.0 Å². The van der Waals surface area contributed by atoms with E-state index in [4.69, 9.17) is 10.5 Å². The van der Waals surface area contributed by atoms with Gasteiger partial charge in [0.05, 0.1) is 12.8 Å². The highest BCUT2D eigenvalue weighted by molar-refractivity contribution is 5.26. The van der Waals surface area contributed by atoms with Crippen LogP contribution in [-0.4, -0.2) is 7.11 Å². The number of allylic oxidation sites excluding steroid dienone is 4. The average Bonchev–Trinajstić information content (AvgIpc) is 2.14. The van der Waals surface area contributed by atoms with Crippen molar-refractivity contribution in [2.75, 3.05) is 7.11 Å². The van der Waals surface area contributed by atoms with Gasteiger partial charge in [0.1, 0.15) is 5.76 Å². The van der Waals surface area contributed by atoms with Gasteiger partial charge in [-0.2, -0.15) is 0 Å². The van der Waals surface area contributed by atoms with Crippen molar-refractivity contribution < 1.29 is 4.74 Å². The van der Waals surface area contributed by atoms with Crippen LogP contribution in [-0.2, 0) is 4.74 Å². The summed E-state index contributed by atoms with van der Waals surface area (Å²) in [6.07, 6.45) is 5.57. The smallest absolute Gasteiger partial charge is 0.137 e. The van der Waals surface area contributed by atoms with Crippen LogP contribution >= 0.6 is 0 Å². The van der Waals surface area contributed by atoms with E-state index in [9.17, 15) is 0 Å². The van der Waals surface area contributed by atoms with Crippen LogP contribution in [0.3, 0.4) is 0 Å². The molecule has 0 aromatic rings. The molecule has 2 N–H and O–H groups in total. The normalized spacial score (nSPS) is 13.6. The van der Waals surface area contributed by atoms with E-state index in [2.05, 4.69) is 13.5 Å². The monoisotopic (exact) mass is 181 g/mol. The summed E-state index contributed by atoms with van der Waals surface area (Å²) in [6.45, 7) is 7.72. The molecule has 0 radical (unpaired) electrons. The summed E-state index contributed by atoms with van der Waals surface area (Å²) < 4.78 is 5.17. The van der Waals surface area contributed by atoms with Gasteiger partial charge in [0.15, 0.2) is 0 Å². The molecule has 13 heavy (non-hydrogen) atoms. The minimum Gasteiger partial charge on any atom is -0.495 e. The lowest BCUT2D eigenvalue weighted by molar-refractivity contribution is 0.299. The molecule has 0 saturated carbocycles. The molecule has 0 bridgehead atoms. The zero-order chi connectivity index (χ0) is 10.3. The summed E-state index contributed by atoms with van der Waals surface area (Å²) in [4.78, 5) is 0. The molecule has 0 atom stereocenters. The third kappa shape index (κ3) is 4.41. The van der Waals surface area contributed by atoms with Crippen LogP contribution in [0.15, 0.2) is 35.8 Å². The highest BCUT2D eigenvalue weighted by atomic mass is 16.5. The molecule has 0 aromatic carbocycles. The maximum absolute atomic E-state index is 5.82. The summed E-state index contributed by atoms with van der Waals surface area (Å²) in [5.41, 5.74) is 7.67. The van der Waals surface area contributed by atoms with Gasteiger partial charge >= 0.3 is 0 Å². The number of nitrogens with two attached hydrogens (primary N) is 1. The van der Waals surface area contributed by atoms with Crippen molar-refractivity contribution in [2.24, 2.45) is 5.73 Å². The summed E-state index contributed by atoms with van der Waals surface area (Å²) in [7, 11) is 1.63. The number of methoxy groups -OCH3 is 1. The predicted octanol–water partition coefficient (Wildman–Crippen LogP) is 2.74. The zero-order valence-electron chi connectivity index (χ0n) is 8.76. The van der Waals surface area contributed by atoms with Crippen molar-refractivity contribution in [2.45, 2.75) is 26.7 Å². The van der Waals surface area contributed by atoms with Crippen LogP contribution in [0.1, 0.15) is 26.7 Å². The third-order valence-corrected chi connectivity index (χ3v) is 1.74. The molecular weight excluding hydrogens is 162 g/mol. The van der Waals surface area contributed by atoms with Crippen LogP contribution in [0, 0.1) is 0 Å². The average molecular weight is 181 g/mol. The molecule has 0 aromatic heterocycles. The molecule has 0 aliphatic rings. The Kier molecular flexibility index (Phi) is 5.77. The van der Waals surface area contributed by atoms with E-state index in [0.717, 1.165) is 29.9 Å². The van der Waals surface area contributed by atoms with E-state index in [-0.39, 0.29) is 0 Å². The Balaban J connectivity index is 4.66. The summed E-state index contributed by atoms with van der Waals surface area (Å²) in [5.74, 6) is 0.749. The molecule has 0 fully saturated rings. The minimum atomic E-state index is 0.749. The van der Waals surface area contributed by atoms with Crippen molar-refractivity contribution in [3.05, 3.63) is 35.8 Å². The first-order chi connectivity index (χ1) is 6.15. The molecule has 0 amide bonds. The largest absolute Gasteiger partial charge is 0.495 e. The van der Waals surface area contributed by atoms with Gasteiger partial charge in [-0.25, -0.2) is 0 Å². The van der Waals surface area contributed by atoms with Crippen molar-refractivity contribution in [3.8, 4) is 0 Å². The van der Waals surface area contributed by atoms with Crippen molar-refractivity contribution in [1.29, 1.82) is 0 Å². The van der Waals surface area contributed by atoms with Gasteiger partial charge < -0.3 is 10.5 Å². The summed E-state index contributed by atoms with van der Waals surface area (Å²) in [5, 5.41) is 0. The second-order valence-electron chi connectivity index (χ2n) is 2.94. The van der Waals surface area contributed by atoms with E-state index in [1.165, 1.54) is 0 Å². The van der Waals surface area contributed by atoms with Crippen molar-refractivity contribution in [1.82, 2.24) is 0 Å². The Morgan fingerprint density at radius 2 is 2.15 bits per heavy atom. The van der Waals surface area contributed by atoms with E-state index < -0.39 is 0 Å². The molecule has 0 heterocycles. The second-order valence-corrected chi connectivity index (χ2v) is 2.94. The Labute approximate surface area is 80.8 Å². The Hall–Kier alpha value is -1.18. The lowest BCUT2D eigenvalue weighted by atomic mass is 10.2. The highest BCUT2D eigenvalue weighted by Gasteiger charge is 1.99. The van der Waals surface area contributed by atoms with Gasteiger partial charge in [-0.1, -0.05) is 26.0 Å². The number of rotatable bonds is 5. The SMILES string of the molecule is C=C/C(C)=C/C(OC)=C(\N)CCC. The van der Waals surface area contributed by atoms with Gasteiger partial charge in [0.25, 0.3) is 0 Å². The molecule has 2 heteroatoms. The summed E-state index contributed by atoms with van der Waals surface area (Å²) >= 11 is 0. The second kappa shape index (κ2) is 6.35. The first kappa shape index (κ1) is 11.8. The molecule has 0 saturated heterocycles. The molecule has 0 aliphatic carbocycles. The fraction of sp³-hybridized carbons (Fsp3) is 0.455. The van der Waals surface area contributed by atoms with Gasteiger partial charge in [0, 0.05) is 0 Å². The zero-order valence-corrected chi connectivity index (χ0v) is 8.76. The van der Waals surface area contributed by atoms with E-state index in [1.54, 1.807) is 13.2 Å². The number of ether oxygens (including phenoxy) is 1. The van der Waals surface area contributed by atoms with Crippen LogP contribution in [0.4, 0.5) is 0 Å².